The third-order valence-corrected chi connectivity index (χ3v) is 4.53. The van der Waals surface area contributed by atoms with Crippen LogP contribution in [0, 0.1) is 0 Å². The second-order valence-electron chi connectivity index (χ2n) is 5.23. The highest BCUT2D eigenvalue weighted by Gasteiger charge is 2.13. The lowest BCUT2D eigenvalue weighted by atomic mass is 9.99. The molecule has 1 saturated heterocycles. The maximum Gasteiger partial charge on any atom is 0.0598 e. The predicted octanol–water partition coefficient (Wildman–Crippen LogP) is 4.08. The van der Waals surface area contributed by atoms with Gasteiger partial charge in [0.05, 0.1) is 10.0 Å². The number of nitrogens with zero attached hydrogens (tertiary/aromatic N) is 2. The SMILES string of the molecule is Clc1ccc(-c2ccccc2CN2CC[N]CC2)cc1Cl. The standard InChI is InChI=1S/C17H17Cl2N2/c18-16-6-5-13(11-17(16)19)15-4-2-1-3-14(15)12-21-9-7-20-8-10-21/h1-6,11H,7-10,12H2. The summed E-state index contributed by atoms with van der Waals surface area (Å²) in [6.07, 6.45) is 0. The highest BCUT2D eigenvalue weighted by molar-refractivity contribution is 6.42. The maximum absolute atomic E-state index is 6.15. The fourth-order valence-corrected chi connectivity index (χ4v) is 2.95. The van der Waals surface area contributed by atoms with E-state index in [1.165, 1.54) is 11.1 Å². The molecule has 1 aliphatic rings. The van der Waals surface area contributed by atoms with Crippen LogP contribution in [0.4, 0.5) is 0 Å². The smallest absolute Gasteiger partial charge is 0.0598 e. The van der Waals surface area contributed by atoms with Gasteiger partial charge in [0, 0.05) is 32.7 Å². The van der Waals surface area contributed by atoms with Crippen molar-refractivity contribution in [1.29, 1.82) is 0 Å². The van der Waals surface area contributed by atoms with Gasteiger partial charge in [0.15, 0.2) is 0 Å². The molecule has 0 N–H and O–H groups in total. The van der Waals surface area contributed by atoms with Crippen molar-refractivity contribution in [3.8, 4) is 11.1 Å². The molecule has 0 amide bonds. The van der Waals surface area contributed by atoms with E-state index in [-0.39, 0.29) is 0 Å². The van der Waals surface area contributed by atoms with E-state index >= 15 is 0 Å². The first-order valence-electron chi connectivity index (χ1n) is 7.13. The van der Waals surface area contributed by atoms with Crippen LogP contribution in [0.25, 0.3) is 11.1 Å². The first-order chi connectivity index (χ1) is 10.2. The van der Waals surface area contributed by atoms with Crippen molar-refractivity contribution in [3.05, 3.63) is 58.1 Å². The molecule has 0 atom stereocenters. The average Bonchev–Trinajstić information content (AvgIpc) is 2.52. The Balaban J connectivity index is 1.89. The highest BCUT2D eigenvalue weighted by atomic mass is 35.5. The van der Waals surface area contributed by atoms with Crippen LogP contribution < -0.4 is 5.32 Å². The monoisotopic (exact) mass is 319 g/mol. The number of hydrogen-bond donors (Lipinski definition) is 0. The van der Waals surface area contributed by atoms with Crippen LogP contribution in [-0.2, 0) is 6.54 Å². The Morgan fingerprint density at radius 1 is 0.952 bits per heavy atom. The van der Waals surface area contributed by atoms with Crippen LogP contribution in [-0.4, -0.2) is 31.1 Å². The molecule has 1 radical (unpaired) electrons. The fourth-order valence-electron chi connectivity index (χ4n) is 2.65. The molecule has 0 bridgehead atoms. The molecule has 2 aromatic carbocycles. The second-order valence-corrected chi connectivity index (χ2v) is 6.05. The van der Waals surface area contributed by atoms with Gasteiger partial charge in [-0.1, -0.05) is 53.5 Å². The van der Waals surface area contributed by atoms with Gasteiger partial charge >= 0.3 is 0 Å². The van der Waals surface area contributed by atoms with Gasteiger partial charge in [0.25, 0.3) is 0 Å². The lowest BCUT2D eigenvalue weighted by Gasteiger charge is -2.27. The van der Waals surface area contributed by atoms with Crippen molar-refractivity contribution < 1.29 is 0 Å². The molecule has 21 heavy (non-hydrogen) atoms. The lowest BCUT2D eigenvalue weighted by Crippen LogP contribution is -2.39. The van der Waals surface area contributed by atoms with Crippen molar-refractivity contribution in [3.63, 3.8) is 0 Å². The number of halogens is 2. The Labute approximate surface area is 135 Å². The third-order valence-electron chi connectivity index (χ3n) is 3.79. The Bertz CT molecular complexity index is 622. The highest BCUT2D eigenvalue weighted by Crippen LogP contribution is 2.30. The van der Waals surface area contributed by atoms with E-state index in [1.54, 1.807) is 0 Å². The molecule has 0 unspecified atom stereocenters. The molecular formula is C17H17Cl2N2. The largest absolute Gasteiger partial charge is 0.296 e. The molecular weight excluding hydrogens is 303 g/mol. The summed E-state index contributed by atoms with van der Waals surface area (Å²) in [6.45, 7) is 4.90. The molecule has 0 saturated carbocycles. The summed E-state index contributed by atoms with van der Waals surface area (Å²) in [7, 11) is 0. The molecule has 0 aromatic heterocycles. The summed E-state index contributed by atoms with van der Waals surface area (Å²) < 4.78 is 0. The van der Waals surface area contributed by atoms with Gasteiger partial charge in [-0.2, -0.15) is 0 Å². The maximum atomic E-state index is 6.15. The average molecular weight is 320 g/mol. The zero-order valence-electron chi connectivity index (χ0n) is 11.7. The van der Waals surface area contributed by atoms with Crippen LogP contribution in [0.5, 0.6) is 0 Å². The summed E-state index contributed by atoms with van der Waals surface area (Å²) in [5.74, 6) is 0. The van der Waals surface area contributed by atoms with Gasteiger partial charge in [0.1, 0.15) is 0 Å². The minimum absolute atomic E-state index is 0.593. The first kappa shape index (κ1) is 14.9. The Morgan fingerprint density at radius 3 is 2.48 bits per heavy atom. The molecule has 2 aromatic rings. The van der Waals surface area contributed by atoms with Crippen molar-refractivity contribution in [2.75, 3.05) is 26.2 Å². The summed E-state index contributed by atoms with van der Waals surface area (Å²) in [5, 5.41) is 5.59. The third kappa shape index (κ3) is 3.58. The molecule has 109 valence electrons. The number of rotatable bonds is 3. The van der Waals surface area contributed by atoms with Gasteiger partial charge in [-0.05, 0) is 28.8 Å². The normalized spacial score (nSPS) is 16.1. The topological polar surface area (TPSA) is 17.3 Å². The molecule has 0 aliphatic carbocycles. The molecule has 4 heteroatoms. The predicted molar refractivity (Wildman–Crippen MR) is 89.0 cm³/mol. The molecule has 1 aliphatic heterocycles. The second kappa shape index (κ2) is 6.80. The molecule has 3 rings (SSSR count). The summed E-state index contributed by atoms with van der Waals surface area (Å²) in [5.41, 5.74) is 3.65. The van der Waals surface area contributed by atoms with Crippen LogP contribution in [0.1, 0.15) is 5.56 Å². The summed E-state index contributed by atoms with van der Waals surface area (Å²) >= 11 is 12.2. The van der Waals surface area contributed by atoms with E-state index in [9.17, 15) is 0 Å². The van der Waals surface area contributed by atoms with Crippen LogP contribution in [0.3, 0.4) is 0 Å². The zero-order valence-corrected chi connectivity index (χ0v) is 13.2. The van der Waals surface area contributed by atoms with Gasteiger partial charge in [-0.3, -0.25) is 4.90 Å². The number of piperazine rings is 1. The van der Waals surface area contributed by atoms with Crippen LogP contribution >= 0.6 is 23.2 Å². The zero-order chi connectivity index (χ0) is 14.7. The molecule has 0 spiro atoms. The van der Waals surface area contributed by atoms with E-state index in [2.05, 4.69) is 34.5 Å². The quantitative estimate of drug-likeness (QED) is 0.833. The van der Waals surface area contributed by atoms with Crippen molar-refractivity contribution in [2.24, 2.45) is 0 Å². The van der Waals surface area contributed by atoms with Crippen molar-refractivity contribution in [1.82, 2.24) is 10.2 Å². The van der Waals surface area contributed by atoms with Gasteiger partial charge in [0.2, 0.25) is 0 Å². The van der Waals surface area contributed by atoms with E-state index in [0.29, 0.717) is 10.0 Å². The molecule has 1 fully saturated rings. The van der Waals surface area contributed by atoms with E-state index in [4.69, 9.17) is 23.2 Å². The molecule has 1 heterocycles. The summed E-state index contributed by atoms with van der Waals surface area (Å²) in [6, 6.07) is 14.3. The van der Waals surface area contributed by atoms with Gasteiger partial charge in [-0.15, -0.1) is 0 Å². The lowest BCUT2D eigenvalue weighted by molar-refractivity contribution is 0.231. The Kier molecular flexibility index (Phi) is 4.81. The van der Waals surface area contributed by atoms with Crippen LogP contribution in [0.15, 0.2) is 42.5 Å². The Morgan fingerprint density at radius 2 is 1.71 bits per heavy atom. The summed E-state index contributed by atoms with van der Waals surface area (Å²) in [4.78, 5) is 2.45. The van der Waals surface area contributed by atoms with E-state index in [1.807, 2.05) is 18.2 Å². The number of hydrogen-bond acceptors (Lipinski definition) is 1. The van der Waals surface area contributed by atoms with Crippen molar-refractivity contribution >= 4 is 23.2 Å². The van der Waals surface area contributed by atoms with Crippen LogP contribution in [0.2, 0.25) is 10.0 Å². The fraction of sp³-hybridized carbons (Fsp3) is 0.294. The van der Waals surface area contributed by atoms with Gasteiger partial charge in [-0.25, -0.2) is 5.32 Å². The van der Waals surface area contributed by atoms with Gasteiger partial charge < -0.3 is 0 Å². The minimum atomic E-state index is 0.593. The number of benzene rings is 2. The van der Waals surface area contributed by atoms with Crippen molar-refractivity contribution in [2.45, 2.75) is 6.54 Å². The van der Waals surface area contributed by atoms with E-state index in [0.717, 1.165) is 38.3 Å². The molecule has 2 nitrogen and oxygen atoms in total. The Hall–Kier alpha value is -1.06. The minimum Gasteiger partial charge on any atom is -0.296 e. The first-order valence-corrected chi connectivity index (χ1v) is 7.88. The van der Waals surface area contributed by atoms with E-state index < -0.39 is 0 Å².